The third kappa shape index (κ3) is 1.89. The minimum absolute atomic E-state index is 0.228. The van der Waals surface area contributed by atoms with Crippen LogP contribution >= 0.6 is 27.7 Å². The lowest BCUT2D eigenvalue weighted by Gasteiger charge is -2.13. The standard InChI is InChI=1S/C11H10BrNO2S/c1-16-7-5-3-2-4-6(7)8-9(12)11(15)13-10(8)14/h2-5,8-9H,1H3,(H,13,14,15). The van der Waals surface area contributed by atoms with Gasteiger partial charge in [0.1, 0.15) is 4.83 Å². The molecule has 2 unspecified atom stereocenters. The number of amides is 2. The average Bonchev–Trinajstić information content (AvgIpc) is 2.53. The molecule has 1 fully saturated rings. The number of halogens is 1. The van der Waals surface area contributed by atoms with Crippen molar-refractivity contribution >= 4 is 39.5 Å². The lowest BCUT2D eigenvalue weighted by Crippen LogP contribution is -2.22. The molecule has 2 amide bonds. The monoisotopic (exact) mass is 299 g/mol. The van der Waals surface area contributed by atoms with E-state index in [0.717, 1.165) is 10.5 Å². The molecule has 1 aromatic rings. The summed E-state index contributed by atoms with van der Waals surface area (Å²) in [5, 5.41) is 2.33. The molecule has 84 valence electrons. The Hall–Kier alpha value is -0.810. The Morgan fingerprint density at radius 3 is 2.50 bits per heavy atom. The summed E-state index contributed by atoms with van der Waals surface area (Å²) < 4.78 is 0. The van der Waals surface area contributed by atoms with E-state index in [4.69, 9.17) is 0 Å². The Bertz CT molecular complexity index is 449. The molecule has 2 rings (SSSR count). The maximum Gasteiger partial charge on any atom is 0.241 e. The molecular formula is C11H10BrNO2S. The van der Waals surface area contributed by atoms with Crippen molar-refractivity contribution in [2.24, 2.45) is 0 Å². The molecule has 1 N–H and O–H groups in total. The number of imide groups is 1. The highest BCUT2D eigenvalue weighted by molar-refractivity contribution is 9.10. The fraction of sp³-hybridized carbons (Fsp3) is 0.273. The number of benzene rings is 1. The molecule has 0 spiro atoms. The van der Waals surface area contributed by atoms with E-state index < -0.39 is 10.7 Å². The summed E-state index contributed by atoms with van der Waals surface area (Å²) in [5.41, 5.74) is 0.903. The van der Waals surface area contributed by atoms with Crippen molar-refractivity contribution in [3.8, 4) is 0 Å². The maximum atomic E-state index is 11.7. The molecule has 5 heteroatoms. The number of rotatable bonds is 2. The fourth-order valence-corrected chi connectivity index (χ4v) is 3.06. The van der Waals surface area contributed by atoms with Crippen LogP contribution in [-0.2, 0) is 9.59 Å². The van der Waals surface area contributed by atoms with Crippen LogP contribution in [0.4, 0.5) is 0 Å². The molecule has 1 saturated heterocycles. The Morgan fingerprint density at radius 1 is 1.25 bits per heavy atom. The van der Waals surface area contributed by atoms with Crippen molar-refractivity contribution in [3.05, 3.63) is 29.8 Å². The molecule has 0 bridgehead atoms. The third-order valence-electron chi connectivity index (χ3n) is 2.55. The number of hydrogen-bond acceptors (Lipinski definition) is 3. The second-order valence-electron chi connectivity index (χ2n) is 3.47. The number of thioether (sulfide) groups is 1. The van der Waals surface area contributed by atoms with Gasteiger partial charge in [0.2, 0.25) is 11.8 Å². The van der Waals surface area contributed by atoms with Gasteiger partial charge in [-0.05, 0) is 17.9 Å². The van der Waals surface area contributed by atoms with E-state index in [0.29, 0.717) is 0 Å². The first-order chi connectivity index (χ1) is 7.65. The van der Waals surface area contributed by atoms with E-state index in [1.54, 1.807) is 11.8 Å². The van der Waals surface area contributed by atoms with Gasteiger partial charge in [-0.2, -0.15) is 0 Å². The van der Waals surface area contributed by atoms with Crippen LogP contribution in [0.2, 0.25) is 0 Å². The summed E-state index contributed by atoms with van der Waals surface area (Å²) in [6.07, 6.45) is 1.96. The van der Waals surface area contributed by atoms with Gasteiger partial charge in [-0.3, -0.25) is 14.9 Å². The van der Waals surface area contributed by atoms with Crippen molar-refractivity contribution in [2.75, 3.05) is 6.26 Å². The van der Waals surface area contributed by atoms with Crippen molar-refractivity contribution in [1.82, 2.24) is 5.32 Å². The SMILES string of the molecule is CSc1ccccc1C1C(=O)NC(=O)C1Br. The normalized spacial score (nSPS) is 24.6. The molecule has 1 aliphatic heterocycles. The predicted molar refractivity (Wildman–Crippen MR) is 66.8 cm³/mol. The van der Waals surface area contributed by atoms with Crippen LogP contribution in [0, 0.1) is 0 Å². The number of hydrogen-bond donors (Lipinski definition) is 1. The summed E-state index contributed by atoms with van der Waals surface area (Å²) >= 11 is 4.84. The van der Waals surface area contributed by atoms with Gasteiger partial charge in [0.05, 0.1) is 5.92 Å². The van der Waals surface area contributed by atoms with Crippen LogP contribution in [0.5, 0.6) is 0 Å². The quantitative estimate of drug-likeness (QED) is 0.515. The van der Waals surface area contributed by atoms with Crippen LogP contribution in [0.1, 0.15) is 11.5 Å². The minimum Gasteiger partial charge on any atom is -0.295 e. The molecule has 0 saturated carbocycles. The summed E-state index contributed by atoms with van der Waals surface area (Å²) in [6.45, 7) is 0. The Morgan fingerprint density at radius 2 is 1.94 bits per heavy atom. The molecule has 0 aromatic heterocycles. The molecular weight excluding hydrogens is 290 g/mol. The van der Waals surface area contributed by atoms with Gasteiger partial charge in [-0.25, -0.2) is 0 Å². The molecule has 0 radical (unpaired) electrons. The fourth-order valence-electron chi connectivity index (χ4n) is 1.77. The topological polar surface area (TPSA) is 46.2 Å². The first-order valence-electron chi connectivity index (χ1n) is 4.77. The summed E-state index contributed by atoms with van der Waals surface area (Å²) in [7, 11) is 0. The third-order valence-corrected chi connectivity index (χ3v) is 4.30. The minimum atomic E-state index is -0.465. The van der Waals surface area contributed by atoms with Crippen molar-refractivity contribution in [3.63, 3.8) is 0 Å². The van der Waals surface area contributed by atoms with Crippen LogP contribution in [-0.4, -0.2) is 22.9 Å². The van der Waals surface area contributed by atoms with Gasteiger partial charge < -0.3 is 0 Å². The zero-order valence-corrected chi connectivity index (χ0v) is 11.0. The van der Waals surface area contributed by atoms with Gasteiger partial charge in [0, 0.05) is 4.90 Å². The zero-order valence-electron chi connectivity index (χ0n) is 8.57. The van der Waals surface area contributed by atoms with Crippen molar-refractivity contribution in [2.45, 2.75) is 15.6 Å². The lowest BCUT2D eigenvalue weighted by molar-refractivity contribution is -0.125. The highest BCUT2D eigenvalue weighted by Gasteiger charge is 2.41. The number of alkyl halides is 1. The first kappa shape index (κ1) is 11.7. The van der Waals surface area contributed by atoms with Crippen molar-refractivity contribution < 1.29 is 9.59 Å². The largest absolute Gasteiger partial charge is 0.295 e. The number of nitrogens with one attached hydrogen (secondary N) is 1. The predicted octanol–water partition coefficient (Wildman–Crippen LogP) is 1.91. The number of carbonyl (C=O) groups is 2. The van der Waals surface area contributed by atoms with Gasteiger partial charge in [-0.15, -0.1) is 11.8 Å². The Balaban J connectivity index is 2.44. The molecule has 3 nitrogen and oxygen atoms in total. The zero-order chi connectivity index (χ0) is 11.7. The van der Waals surface area contributed by atoms with Crippen molar-refractivity contribution in [1.29, 1.82) is 0 Å². The van der Waals surface area contributed by atoms with E-state index in [1.807, 2.05) is 30.5 Å². The van der Waals surface area contributed by atoms with Crippen LogP contribution < -0.4 is 5.32 Å². The van der Waals surface area contributed by atoms with Gasteiger partial charge in [-0.1, -0.05) is 34.1 Å². The second kappa shape index (κ2) is 4.59. The van der Waals surface area contributed by atoms with Gasteiger partial charge in [0.25, 0.3) is 0 Å². The van der Waals surface area contributed by atoms with Gasteiger partial charge >= 0.3 is 0 Å². The van der Waals surface area contributed by atoms with E-state index in [2.05, 4.69) is 21.2 Å². The van der Waals surface area contributed by atoms with Gasteiger partial charge in [0.15, 0.2) is 0 Å². The Labute approximate surface area is 106 Å². The van der Waals surface area contributed by atoms with Crippen LogP contribution in [0.15, 0.2) is 29.2 Å². The second-order valence-corrected chi connectivity index (χ2v) is 5.31. The highest BCUT2D eigenvalue weighted by Crippen LogP contribution is 2.35. The summed E-state index contributed by atoms with van der Waals surface area (Å²) in [6, 6.07) is 7.65. The molecule has 0 aliphatic carbocycles. The van der Waals surface area contributed by atoms with E-state index >= 15 is 0 Å². The average molecular weight is 300 g/mol. The molecule has 1 heterocycles. The van der Waals surface area contributed by atoms with E-state index in [9.17, 15) is 9.59 Å². The molecule has 2 atom stereocenters. The highest BCUT2D eigenvalue weighted by atomic mass is 79.9. The van der Waals surface area contributed by atoms with Crippen LogP contribution in [0.3, 0.4) is 0 Å². The molecule has 1 aliphatic rings. The van der Waals surface area contributed by atoms with Crippen LogP contribution in [0.25, 0.3) is 0 Å². The molecule has 1 aromatic carbocycles. The summed E-state index contributed by atoms with van der Waals surface area (Å²) in [4.78, 5) is 23.6. The summed E-state index contributed by atoms with van der Waals surface area (Å²) in [5.74, 6) is -0.907. The maximum absolute atomic E-state index is 11.7. The Kier molecular flexibility index (Phi) is 3.35. The lowest BCUT2D eigenvalue weighted by atomic mass is 9.97. The molecule has 16 heavy (non-hydrogen) atoms. The van der Waals surface area contributed by atoms with E-state index in [1.165, 1.54) is 0 Å². The smallest absolute Gasteiger partial charge is 0.241 e. The van der Waals surface area contributed by atoms with E-state index in [-0.39, 0.29) is 11.8 Å². The number of carbonyl (C=O) groups excluding carboxylic acids is 2. The first-order valence-corrected chi connectivity index (χ1v) is 6.91.